The van der Waals surface area contributed by atoms with Gasteiger partial charge in [-0.1, -0.05) is 6.92 Å². The van der Waals surface area contributed by atoms with Crippen LogP contribution in [0.4, 0.5) is 5.69 Å². The number of nitrogens with zero attached hydrogens (tertiary/aromatic N) is 3. The van der Waals surface area contributed by atoms with Crippen LogP contribution in [0.25, 0.3) is 0 Å². The van der Waals surface area contributed by atoms with Gasteiger partial charge in [-0.3, -0.25) is 9.78 Å². The smallest absolute Gasteiger partial charge is 0.272 e. The molecule has 1 amide bonds. The van der Waals surface area contributed by atoms with Crippen molar-refractivity contribution in [3.63, 3.8) is 0 Å². The zero-order chi connectivity index (χ0) is 15.0. The van der Waals surface area contributed by atoms with Crippen molar-refractivity contribution in [2.75, 3.05) is 37.6 Å². The van der Waals surface area contributed by atoms with Crippen molar-refractivity contribution in [3.05, 3.63) is 24.0 Å². The first-order valence-electron chi connectivity index (χ1n) is 7.38. The number of aromatic nitrogens is 1. The van der Waals surface area contributed by atoms with Crippen LogP contribution in [0.15, 0.2) is 18.3 Å². The predicted molar refractivity (Wildman–Crippen MR) is 83.0 cm³/mol. The van der Waals surface area contributed by atoms with E-state index in [9.17, 15) is 4.79 Å². The van der Waals surface area contributed by atoms with Crippen LogP contribution in [0, 0.1) is 0 Å². The van der Waals surface area contributed by atoms with Gasteiger partial charge in [-0.25, -0.2) is 0 Å². The lowest BCUT2D eigenvalue weighted by atomic mass is 10.2. The third-order valence-corrected chi connectivity index (χ3v) is 3.27. The standard InChI is InChI=1S/C15H26N4O/c1-4-10-19(11-8-16)13-7-9-17-14(12-13)15(20)18(5-2)6-3/h7,9,12H,4-6,8,10-11,16H2,1-3H3. The minimum Gasteiger partial charge on any atom is -0.370 e. The number of pyridine rings is 1. The van der Waals surface area contributed by atoms with Gasteiger partial charge < -0.3 is 15.5 Å². The Morgan fingerprint density at radius 3 is 2.50 bits per heavy atom. The lowest BCUT2D eigenvalue weighted by Gasteiger charge is -2.24. The Bertz CT molecular complexity index is 412. The summed E-state index contributed by atoms with van der Waals surface area (Å²) in [5, 5.41) is 0. The molecule has 5 heteroatoms. The van der Waals surface area contributed by atoms with E-state index in [-0.39, 0.29) is 5.91 Å². The van der Waals surface area contributed by atoms with Crippen LogP contribution in [0.5, 0.6) is 0 Å². The lowest BCUT2D eigenvalue weighted by molar-refractivity contribution is 0.0767. The molecule has 0 fully saturated rings. The first kappa shape index (κ1) is 16.4. The third-order valence-electron chi connectivity index (χ3n) is 3.27. The highest BCUT2D eigenvalue weighted by molar-refractivity contribution is 5.93. The number of nitrogens with two attached hydrogens (primary N) is 1. The van der Waals surface area contributed by atoms with Gasteiger partial charge >= 0.3 is 0 Å². The second kappa shape index (κ2) is 8.53. The van der Waals surface area contributed by atoms with Gasteiger partial charge in [0.2, 0.25) is 0 Å². The van der Waals surface area contributed by atoms with Crippen LogP contribution in [-0.2, 0) is 0 Å². The molecule has 0 radical (unpaired) electrons. The minimum atomic E-state index is -0.0129. The maximum Gasteiger partial charge on any atom is 0.272 e. The largest absolute Gasteiger partial charge is 0.370 e. The Labute approximate surface area is 121 Å². The van der Waals surface area contributed by atoms with Gasteiger partial charge in [0.15, 0.2) is 0 Å². The molecule has 5 nitrogen and oxygen atoms in total. The molecular formula is C15H26N4O. The van der Waals surface area contributed by atoms with Gasteiger partial charge in [-0.2, -0.15) is 0 Å². The van der Waals surface area contributed by atoms with Crippen molar-refractivity contribution in [1.82, 2.24) is 9.88 Å². The number of carbonyl (C=O) groups excluding carboxylic acids is 1. The summed E-state index contributed by atoms with van der Waals surface area (Å²) in [6, 6.07) is 3.80. The Hall–Kier alpha value is -1.62. The number of amides is 1. The number of hydrogen-bond acceptors (Lipinski definition) is 4. The summed E-state index contributed by atoms with van der Waals surface area (Å²) in [6.45, 7) is 9.79. The van der Waals surface area contributed by atoms with Gasteiger partial charge in [0.05, 0.1) is 0 Å². The normalized spacial score (nSPS) is 10.4. The van der Waals surface area contributed by atoms with Crippen LogP contribution >= 0.6 is 0 Å². The molecule has 20 heavy (non-hydrogen) atoms. The maximum absolute atomic E-state index is 12.3. The Morgan fingerprint density at radius 2 is 1.95 bits per heavy atom. The van der Waals surface area contributed by atoms with E-state index < -0.39 is 0 Å². The van der Waals surface area contributed by atoms with E-state index in [0.717, 1.165) is 25.2 Å². The number of anilines is 1. The molecule has 0 aliphatic heterocycles. The minimum absolute atomic E-state index is 0.0129. The van der Waals surface area contributed by atoms with E-state index in [2.05, 4.69) is 16.8 Å². The average molecular weight is 278 g/mol. The van der Waals surface area contributed by atoms with E-state index in [4.69, 9.17) is 5.73 Å². The summed E-state index contributed by atoms with van der Waals surface area (Å²) in [7, 11) is 0. The molecule has 0 aliphatic carbocycles. The molecule has 0 bridgehead atoms. The molecule has 112 valence electrons. The SMILES string of the molecule is CCCN(CCN)c1ccnc(C(=O)N(CC)CC)c1. The molecule has 1 rings (SSSR count). The maximum atomic E-state index is 12.3. The van der Waals surface area contributed by atoms with Crippen LogP contribution in [0.2, 0.25) is 0 Å². The zero-order valence-electron chi connectivity index (χ0n) is 12.8. The fraction of sp³-hybridized carbons (Fsp3) is 0.600. The highest BCUT2D eigenvalue weighted by Crippen LogP contribution is 2.15. The highest BCUT2D eigenvalue weighted by atomic mass is 16.2. The molecular weight excluding hydrogens is 252 g/mol. The molecule has 0 unspecified atom stereocenters. The van der Waals surface area contributed by atoms with Crippen molar-refractivity contribution < 1.29 is 4.79 Å². The Kier molecular flexibility index (Phi) is 7.01. The van der Waals surface area contributed by atoms with Gasteiger partial charge in [-0.15, -0.1) is 0 Å². The average Bonchev–Trinajstić information content (AvgIpc) is 2.48. The third kappa shape index (κ3) is 4.20. The summed E-state index contributed by atoms with van der Waals surface area (Å²) in [5.74, 6) is -0.0129. The summed E-state index contributed by atoms with van der Waals surface area (Å²) in [4.78, 5) is 20.5. The second-order valence-corrected chi connectivity index (χ2v) is 4.65. The van der Waals surface area contributed by atoms with E-state index in [0.29, 0.717) is 25.3 Å². The monoisotopic (exact) mass is 278 g/mol. The van der Waals surface area contributed by atoms with Crippen molar-refractivity contribution in [3.8, 4) is 0 Å². The number of hydrogen-bond donors (Lipinski definition) is 1. The first-order valence-corrected chi connectivity index (χ1v) is 7.38. The fourth-order valence-electron chi connectivity index (χ4n) is 2.20. The Morgan fingerprint density at radius 1 is 1.25 bits per heavy atom. The van der Waals surface area contributed by atoms with Gasteiger partial charge in [0.25, 0.3) is 5.91 Å². The van der Waals surface area contributed by atoms with Gasteiger partial charge in [-0.05, 0) is 32.4 Å². The van der Waals surface area contributed by atoms with E-state index in [1.807, 2.05) is 26.0 Å². The molecule has 0 atom stereocenters. The molecule has 1 heterocycles. The molecule has 1 aromatic rings. The van der Waals surface area contributed by atoms with Crippen molar-refractivity contribution in [2.45, 2.75) is 27.2 Å². The van der Waals surface area contributed by atoms with Crippen LogP contribution < -0.4 is 10.6 Å². The second-order valence-electron chi connectivity index (χ2n) is 4.65. The van der Waals surface area contributed by atoms with E-state index >= 15 is 0 Å². The summed E-state index contributed by atoms with van der Waals surface area (Å²) in [6.07, 6.45) is 2.74. The summed E-state index contributed by atoms with van der Waals surface area (Å²) < 4.78 is 0. The molecule has 0 spiro atoms. The Balaban J connectivity index is 2.96. The quantitative estimate of drug-likeness (QED) is 0.787. The van der Waals surface area contributed by atoms with Crippen LogP contribution in [0.1, 0.15) is 37.7 Å². The number of rotatable bonds is 8. The molecule has 1 aromatic heterocycles. The summed E-state index contributed by atoms with van der Waals surface area (Å²) in [5.41, 5.74) is 7.17. The molecule has 0 aromatic carbocycles. The van der Waals surface area contributed by atoms with Gasteiger partial charge in [0, 0.05) is 44.6 Å². The van der Waals surface area contributed by atoms with Crippen molar-refractivity contribution >= 4 is 11.6 Å². The van der Waals surface area contributed by atoms with Crippen LogP contribution in [-0.4, -0.2) is 48.5 Å². The van der Waals surface area contributed by atoms with Crippen LogP contribution in [0.3, 0.4) is 0 Å². The summed E-state index contributed by atoms with van der Waals surface area (Å²) >= 11 is 0. The molecule has 0 saturated carbocycles. The van der Waals surface area contributed by atoms with Crippen molar-refractivity contribution in [2.24, 2.45) is 5.73 Å². The van der Waals surface area contributed by atoms with E-state index in [1.54, 1.807) is 11.1 Å². The fourth-order valence-corrected chi connectivity index (χ4v) is 2.20. The topological polar surface area (TPSA) is 62.5 Å². The van der Waals surface area contributed by atoms with E-state index in [1.165, 1.54) is 0 Å². The lowest BCUT2D eigenvalue weighted by Crippen LogP contribution is -2.32. The molecule has 0 aliphatic rings. The zero-order valence-corrected chi connectivity index (χ0v) is 12.8. The highest BCUT2D eigenvalue weighted by Gasteiger charge is 2.15. The number of carbonyl (C=O) groups is 1. The molecule has 0 saturated heterocycles. The predicted octanol–water partition coefficient (Wildman–Crippen LogP) is 1.74. The first-order chi connectivity index (χ1) is 9.67. The van der Waals surface area contributed by atoms with Crippen molar-refractivity contribution in [1.29, 1.82) is 0 Å². The van der Waals surface area contributed by atoms with Gasteiger partial charge in [0.1, 0.15) is 5.69 Å². The molecule has 2 N–H and O–H groups in total.